The molecule has 0 unspecified atom stereocenters. The summed E-state index contributed by atoms with van der Waals surface area (Å²) < 4.78 is 5.86. The van der Waals surface area contributed by atoms with Crippen molar-refractivity contribution in [2.75, 3.05) is 13.7 Å². The topological polar surface area (TPSA) is 50.4 Å². The maximum absolute atomic E-state index is 11.5. The second-order valence-electron chi connectivity index (χ2n) is 7.61. The number of ketones is 1. The number of Topliss-reactive ketones (excluding diaryl/α,β-unsaturated/α-hetero) is 1. The lowest BCUT2D eigenvalue weighted by Crippen LogP contribution is -2.38. The van der Waals surface area contributed by atoms with Gasteiger partial charge in [-0.2, -0.15) is 0 Å². The van der Waals surface area contributed by atoms with E-state index in [0.29, 0.717) is 18.7 Å². The summed E-state index contributed by atoms with van der Waals surface area (Å²) in [7, 11) is 2.06. The van der Waals surface area contributed by atoms with Gasteiger partial charge < -0.3 is 15.4 Å². The van der Waals surface area contributed by atoms with Gasteiger partial charge in [0.25, 0.3) is 0 Å². The maximum Gasteiger partial charge on any atom is 0.159 e. The molecule has 0 radical (unpaired) electrons. The number of halogens is 1. The summed E-state index contributed by atoms with van der Waals surface area (Å²) in [5.41, 5.74) is 4.19. The molecule has 0 bridgehead atoms. The largest absolute Gasteiger partial charge is 0.494 e. The van der Waals surface area contributed by atoms with E-state index >= 15 is 0 Å². The molecular formula is C24H33ClN2O2. The molecule has 0 heterocycles. The van der Waals surface area contributed by atoms with E-state index in [1.807, 2.05) is 31.2 Å². The maximum atomic E-state index is 11.5. The zero-order valence-corrected chi connectivity index (χ0v) is 18.5. The monoisotopic (exact) mass is 416 g/mol. The Morgan fingerprint density at radius 2 is 1.62 bits per heavy atom. The van der Waals surface area contributed by atoms with Crippen molar-refractivity contribution in [3.63, 3.8) is 0 Å². The average Bonchev–Trinajstić information content (AvgIpc) is 2.73. The van der Waals surface area contributed by atoms with Gasteiger partial charge in [-0.3, -0.25) is 4.79 Å². The Labute approximate surface area is 180 Å². The molecule has 2 aromatic carbocycles. The van der Waals surface area contributed by atoms with Crippen LogP contribution in [0.5, 0.6) is 5.75 Å². The summed E-state index contributed by atoms with van der Waals surface area (Å²) in [5, 5.41) is 7.12. The number of hydrogen-bond acceptors (Lipinski definition) is 4. The summed E-state index contributed by atoms with van der Waals surface area (Å²) in [6.45, 7) is 5.08. The minimum Gasteiger partial charge on any atom is -0.494 e. The van der Waals surface area contributed by atoms with Gasteiger partial charge in [0.2, 0.25) is 0 Å². The van der Waals surface area contributed by atoms with Crippen LogP contribution in [0.15, 0.2) is 42.5 Å². The summed E-state index contributed by atoms with van der Waals surface area (Å²) >= 11 is 0. The van der Waals surface area contributed by atoms with Crippen LogP contribution in [0, 0.1) is 0 Å². The molecule has 0 aliphatic heterocycles. The normalized spacial score (nSPS) is 18.7. The van der Waals surface area contributed by atoms with Crippen molar-refractivity contribution in [2.24, 2.45) is 0 Å². The fourth-order valence-electron chi connectivity index (χ4n) is 3.93. The molecule has 1 saturated carbocycles. The number of benzene rings is 2. The fourth-order valence-corrected chi connectivity index (χ4v) is 3.93. The molecule has 3 rings (SSSR count). The molecule has 4 nitrogen and oxygen atoms in total. The van der Waals surface area contributed by atoms with Gasteiger partial charge in [-0.05, 0) is 69.8 Å². The molecule has 2 N–H and O–H groups in total. The summed E-state index contributed by atoms with van der Waals surface area (Å²) in [6, 6.07) is 15.4. The lowest BCUT2D eigenvalue weighted by atomic mass is 9.91. The second kappa shape index (κ2) is 11.3. The number of carbonyl (C=O) groups is 1. The van der Waals surface area contributed by atoms with E-state index in [4.69, 9.17) is 4.74 Å². The fraction of sp³-hybridized carbons (Fsp3) is 0.458. The third-order valence-corrected chi connectivity index (χ3v) is 5.70. The van der Waals surface area contributed by atoms with Crippen molar-refractivity contribution in [3.8, 4) is 16.9 Å². The Morgan fingerprint density at radius 3 is 2.21 bits per heavy atom. The Kier molecular flexibility index (Phi) is 9.15. The van der Waals surface area contributed by atoms with Crippen LogP contribution in [0.2, 0.25) is 0 Å². The third-order valence-electron chi connectivity index (χ3n) is 5.70. The number of rotatable bonds is 8. The van der Waals surface area contributed by atoms with Crippen LogP contribution in [-0.4, -0.2) is 31.5 Å². The van der Waals surface area contributed by atoms with Gasteiger partial charge in [-0.1, -0.05) is 30.3 Å². The van der Waals surface area contributed by atoms with Gasteiger partial charge in [0.1, 0.15) is 5.75 Å². The molecule has 1 aliphatic carbocycles. The minimum absolute atomic E-state index is 0. The van der Waals surface area contributed by atoms with Crippen LogP contribution in [0.25, 0.3) is 11.1 Å². The smallest absolute Gasteiger partial charge is 0.159 e. The Bertz CT molecular complexity index is 784. The molecular weight excluding hydrogens is 384 g/mol. The highest BCUT2D eigenvalue weighted by molar-refractivity contribution is 5.94. The summed E-state index contributed by atoms with van der Waals surface area (Å²) in [6.07, 6.45) is 4.88. The molecule has 0 amide bonds. The molecule has 1 aliphatic rings. The molecule has 0 aromatic heterocycles. The van der Waals surface area contributed by atoms with E-state index in [1.54, 1.807) is 6.92 Å². The molecule has 29 heavy (non-hydrogen) atoms. The highest BCUT2D eigenvalue weighted by Gasteiger charge is 2.20. The Balaban J connectivity index is 0.00000300. The zero-order chi connectivity index (χ0) is 19.9. The lowest BCUT2D eigenvalue weighted by molar-refractivity contribution is 0.101. The molecule has 0 spiro atoms. The highest BCUT2D eigenvalue weighted by Crippen LogP contribution is 2.28. The number of ether oxygens (including phenoxy) is 1. The Hall–Kier alpha value is -1.88. The van der Waals surface area contributed by atoms with Gasteiger partial charge in [0.05, 0.1) is 6.61 Å². The first-order valence-electron chi connectivity index (χ1n) is 10.4. The number of nitrogens with one attached hydrogen (secondary N) is 2. The van der Waals surface area contributed by atoms with Crippen LogP contribution in [-0.2, 0) is 6.54 Å². The highest BCUT2D eigenvalue weighted by atomic mass is 35.5. The first kappa shape index (κ1) is 23.4. The van der Waals surface area contributed by atoms with Crippen molar-refractivity contribution in [1.82, 2.24) is 10.6 Å². The third kappa shape index (κ3) is 6.30. The Morgan fingerprint density at radius 1 is 1.00 bits per heavy atom. The number of carbonyl (C=O) groups excluding carboxylic acids is 1. The van der Waals surface area contributed by atoms with Gasteiger partial charge in [-0.15, -0.1) is 12.4 Å². The van der Waals surface area contributed by atoms with Gasteiger partial charge >= 0.3 is 0 Å². The van der Waals surface area contributed by atoms with Crippen molar-refractivity contribution < 1.29 is 9.53 Å². The van der Waals surface area contributed by atoms with Crippen LogP contribution in [0.4, 0.5) is 0 Å². The molecule has 0 saturated heterocycles. The van der Waals surface area contributed by atoms with Crippen molar-refractivity contribution >= 4 is 18.2 Å². The van der Waals surface area contributed by atoms with Crippen LogP contribution < -0.4 is 15.4 Å². The zero-order valence-electron chi connectivity index (χ0n) is 17.7. The van der Waals surface area contributed by atoms with Crippen LogP contribution in [0.1, 0.15) is 55.5 Å². The van der Waals surface area contributed by atoms with Gasteiger partial charge in [0, 0.05) is 29.8 Å². The molecule has 1 fully saturated rings. The van der Waals surface area contributed by atoms with Crippen molar-refractivity contribution in [1.29, 1.82) is 0 Å². The second-order valence-corrected chi connectivity index (χ2v) is 7.61. The SMILES string of the molecule is CCOc1ccc(-c2ccc(C(C)=O)cc2)cc1CNC1CCC(NC)CC1.Cl. The first-order chi connectivity index (χ1) is 13.6. The number of hydrogen-bond donors (Lipinski definition) is 2. The van der Waals surface area contributed by atoms with Crippen LogP contribution in [0.3, 0.4) is 0 Å². The van der Waals surface area contributed by atoms with E-state index in [9.17, 15) is 4.79 Å². The van der Waals surface area contributed by atoms with Crippen molar-refractivity contribution in [2.45, 2.75) is 58.2 Å². The average molecular weight is 417 g/mol. The minimum atomic E-state index is 0. The molecule has 2 aromatic rings. The predicted molar refractivity (Wildman–Crippen MR) is 122 cm³/mol. The molecule has 158 valence electrons. The van der Waals surface area contributed by atoms with E-state index in [-0.39, 0.29) is 18.2 Å². The van der Waals surface area contributed by atoms with Crippen molar-refractivity contribution in [3.05, 3.63) is 53.6 Å². The predicted octanol–water partition coefficient (Wildman–Crippen LogP) is 5.00. The summed E-state index contributed by atoms with van der Waals surface area (Å²) in [5.74, 6) is 1.04. The van der Waals surface area contributed by atoms with Crippen LogP contribution >= 0.6 is 12.4 Å². The van der Waals surface area contributed by atoms with E-state index in [2.05, 4.69) is 35.9 Å². The lowest BCUT2D eigenvalue weighted by Gasteiger charge is -2.29. The van der Waals surface area contributed by atoms with E-state index in [0.717, 1.165) is 29.0 Å². The van der Waals surface area contributed by atoms with Gasteiger partial charge in [0.15, 0.2) is 5.78 Å². The van der Waals surface area contributed by atoms with E-state index < -0.39 is 0 Å². The molecule has 5 heteroatoms. The van der Waals surface area contributed by atoms with E-state index in [1.165, 1.54) is 31.2 Å². The first-order valence-corrected chi connectivity index (χ1v) is 10.4. The summed E-state index contributed by atoms with van der Waals surface area (Å²) in [4.78, 5) is 11.5. The molecule has 0 atom stereocenters. The van der Waals surface area contributed by atoms with Gasteiger partial charge in [-0.25, -0.2) is 0 Å². The quantitative estimate of drug-likeness (QED) is 0.595. The standard InChI is InChI=1S/C24H32N2O2.ClH/c1-4-28-24-14-9-20(19-7-5-18(6-8-19)17(2)27)15-21(24)16-26-23-12-10-22(25-3)11-13-23;/h5-9,14-15,22-23,25-26H,4,10-13,16H2,1-3H3;1H.